The summed E-state index contributed by atoms with van der Waals surface area (Å²) in [5.74, 6) is 0.116. The van der Waals surface area contributed by atoms with E-state index >= 15 is 0 Å². The molecule has 0 radical (unpaired) electrons. The third-order valence-corrected chi connectivity index (χ3v) is 2.20. The van der Waals surface area contributed by atoms with Crippen molar-refractivity contribution in [3.05, 3.63) is 17.0 Å². The van der Waals surface area contributed by atoms with Crippen LogP contribution in [0.1, 0.15) is 17.3 Å². The van der Waals surface area contributed by atoms with Gasteiger partial charge >= 0.3 is 0 Å². The van der Waals surface area contributed by atoms with Crippen molar-refractivity contribution in [1.82, 2.24) is 0 Å². The summed E-state index contributed by atoms with van der Waals surface area (Å²) in [4.78, 5) is 10.9. The molecule has 0 unspecified atom stereocenters. The van der Waals surface area contributed by atoms with Gasteiger partial charge in [0, 0.05) is 7.05 Å². The molecule has 0 fully saturated rings. The van der Waals surface area contributed by atoms with Gasteiger partial charge < -0.3 is 5.32 Å². The molecule has 3 heteroatoms. The molecule has 2 nitrogen and oxygen atoms in total. The Hall–Kier alpha value is -0.830. The summed E-state index contributed by atoms with van der Waals surface area (Å²) >= 11 is 1.55. The van der Waals surface area contributed by atoms with E-state index in [0.29, 0.717) is 0 Å². The van der Waals surface area contributed by atoms with Gasteiger partial charge in [-0.05, 0) is 18.4 Å². The molecule has 0 aliphatic carbocycles. The van der Waals surface area contributed by atoms with E-state index in [0.717, 1.165) is 10.6 Å². The van der Waals surface area contributed by atoms with Crippen LogP contribution in [0.3, 0.4) is 0 Å². The number of carbonyl (C=O) groups excluding carboxylic acids is 1. The van der Waals surface area contributed by atoms with Crippen molar-refractivity contribution in [2.75, 3.05) is 12.4 Å². The first-order valence-electron chi connectivity index (χ1n) is 3.02. The van der Waals surface area contributed by atoms with Crippen molar-refractivity contribution < 1.29 is 4.79 Å². The van der Waals surface area contributed by atoms with Crippen LogP contribution in [-0.4, -0.2) is 12.8 Å². The highest BCUT2D eigenvalue weighted by Crippen LogP contribution is 2.22. The average molecular weight is 155 g/mol. The fourth-order valence-corrected chi connectivity index (χ4v) is 1.58. The first-order chi connectivity index (χ1) is 4.75. The molecule has 0 bridgehead atoms. The number of nitrogens with one attached hydrogen (secondary N) is 1. The molecular formula is C7H9NOS. The minimum absolute atomic E-state index is 0.116. The van der Waals surface area contributed by atoms with Gasteiger partial charge in [0.1, 0.15) is 0 Å². The van der Waals surface area contributed by atoms with E-state index in [1.807, 2.05) is 18.5 Å². The summed E-state index contributed by atoms with van der Waals surface area (Å²) in [7, 11) is 1.82. The molecule has 0 amide bonds. The SMILES string of the molecule is CNc1sccc1C(C)=O. The van der Waals surface area contributed by atoms with E-state index in [4.69, 9.17) is 0 Å². The van der Waals surface area contributed by atoms with E-state index in [9.17, 15) is 4.79 Å². The summed E-state index contributed by atoms with van der Waals surface area (Å²) < 4.78 is 0. The Morgan fingerprint density at radius 3 is 2.80 bits per heavy atom. The molecule has 0 saturated carbocycles. The largest absolute Gasteiger partial charge is 0.379 e. The molecule has 0 atom stereocenters. The molecule has 0 saturated heterocycles. The molecule has 1 aromatic heterocycles. The van der Waals surface area contributed by atoms with E-state index < -0.39 is 0 Å². The Bertz CT molecular complexity index is 242. The molecule has 54 valence electrons. The lowest BCUT2D eigenvalue weighted by atomic mass is 10.2. The Morgan fingerprint density at radius 2 is 2.40 bits per heavy atom. The van der Waals surface area contributed by atoms with Gasteiger partial charge in [-0.25, -0.2) is 0 Å². The van der Waals surface area contributed by atoms with Gasteiger partial charge in [0.15, 0.2) is 5.78 Å². The summed E-state index contributed by atoms with van der Waals surface area (Å²) in [6, 6.07) is 1.83. The second-order valence-electron chi connectivity index (χ2n) is 1.97. The molecule has 1 N–H and O–H groups in total. The minimum atomic E-state index is 0.116. The Balaban J connectivity index is 3.01. The molecule has 10 heavy (non-hydrogen) atoms. The molecular weight excluding hydrogens is 146 g/mol. The second-order valence-corrected chi connectivity index (χ2v) is 2.89. The number of rotatable bonds is 2. The molecule has 1 rings (SSSR count). The highest BCUT2D eigenvalue weighted by Gasteiger charge is 2.05. The van der Waals surface area contributed by atoms with Crippen molar-refractivity contribution in [3.63, 3.8) is 0 Å². The predicted molar refractivity (Wildman–Crippen MR) is 43.9 cm³/mol. The van der Waals surface area contributed by atoms with Gasteiger partial charge in [-0.1, -0.05) is 0 Å². The van der Waals surface area contributed by atoms with Crippen LogP contribution < -0.4 is 5.32 Å². The first kappa shape index (κ1) is 7.28. The lowest BCUT2D eigenvalue weighted by molar-refractivity contribution is 0.101. The normalized spacial score (nSPS) is 9.40. The predicted octanol–water partition coefficient (Wildman–Crippen LogP) is 1.99. The topological polar surface area (TPSA) is 29.1 Å². The van der Waals surface area contributed by atoms with Crippen molar-refractivity contribution >= 4 is 22.1 Å². The number of Topliss-reactive ketones (excluding diaryl/α,β-unsaturated/α-hetero) is 1. The van der Waals surface area contributed by atoms with Crippen LogP contribution in [0.5, 0.6) is 0 Å². The Kier molecular flexibility index (Phi) is 2.06. The number of hydrogen-bond donors (Lipinski definition) is 1. The second kappa shape index (κ2) is 2.84. The first-order valence-corrected chi connectivity index (χ1v) is 3.90. The summed E-state index contributed by atoms with van der Waals surface area (Å²) in [5.41, 5.74) is 0.785. The third kappa shape index (κ3) is 1.19. The van der Waals surface area contributed by atoms with Gasteiger partial charge in [0.2, 0.25) is 0 Å². The highest BCUT2D eigenvalue weighted by molar-refractivity contribution is 7.14. The van der Waals surface area contributed by atoms with E-state index in [1.165, 1.54) is 0 Å². The molecule has 1 heterocycles. The molecule has 0 aliphatic heterocycles. The molecule has 0 aliphatic rings. The summed E-state index contributed by atoms with van der Waals surface area (Å²) in [5, 5.41) is 5.81. The van der Waals surface area contributed by atoms with Crippen molar-refractivity contribution in [3.8, 4) is 0 Å². The minimum Gasteiger partial charge on any atom is -0.379 e. The van der Waals surface area contributed by atoms with Gasteiger partial charge in [0.05, 0.1) is 10.6 Å². The van der Waals surface area contributed by atoms with Crippen LogP contribution in [0, 0.1) is 0 Å². The van der Waals surface area contributed by atoms with E-state index in [-0.39, 0.29) is 5.78 Å². The van der Waals surface area contributed by atoms with Crippen LogP contribution in [0.4, 0.5) is 5.00 Å². The lowest BCUT2D eigenvalue weighted by Crippen LogP contribution is -1.94. The standard InChI is InChI=1S/C7H9NOS/c1-5(9)6-3-4-10-7(6)8-2/h3-4,8H,1-2H3. The van der Waals surface area contributed by atoms with Crippen LogP contribution in [0.25, 0.3) is 0 Å². The average Bonchev–Trinajstić information content (AvgIpc) is 2.33. The number of carbonyl (C=O) groups is 1. The number of thiophene rings is 1. The molecule has 0 aromatic carbocycles. The summed E-state index contributed by atoms with van der Waals surface area (Å²) in [6.45, 7) is 1.57. The van der Waals surface area contributed by atoms with Crippen molar-refractivity contribution in [2.24, 2.45) is 0 Å². The maximum Gasteiger partial charge on any atom is 0.162 e. The number of anilines is 1. The van der Waals surface area contributed by atoms with Gasteiger partial charge in [0.25, 0.3) is 0 Å². The van der Waals surface area contributed by atoms with Gasteiger partial charge in [-0.3, -0.25) is 4.79 Å². The lowest BCUT2D eigenvalue weighted by Gasteiger charge is -1.95. The van der Waals surface area contributed by atoms with E-state index in [1.54, 1.807) is 18.3 Å². The van der Waals surface area contributed by atoms with Gasteiger partial charge in [-0.2, -0.15) is 0 Å². The maximum atomic E-state index is 10.9. The zero-order valence-electron chi connectivity index (χ0n) is 5.97. The quantitative estimate of drug-likeness (QED) is 0.662. The number of hydrogen-bond acceptors (Lipinski definition) is 3. The zero-order chi connectivity index (χ0) is 7.56. The van der Waals surface area contributed by atoms with Crippen LogP contribution >= 0.6 is 11.3 Å². The maximum absolute atomic E-state index is 10.9. The monoisotopic (exact) mass is 155 g/mol. The fraction of sp³-hybridized carbons (Fsp3) is 0.286. The molecule has 1 aromatic rings. The smallest absolute Gasteiger partial charge is 0.162 e. The fourth-order valence-electron chi connectivity index (χ4n) is 0.780. The Labute approximate surface area is 63.9 Å². The van der Waals surface area contributed by atoms with Crippen LogP contribution in [0.2, 0.25) is 0 Å². The Morgan fingerprint density at radius 1 is 1.70 bits per heavy atom. The number of ketones is 1. The molecule has 0 spiro atoms. The summed E-state index contributed by atoms with van der Waals surface area (Å²) in [6.07, 6.45) is 0. The third-order valence-electron chi connectivity index (χ3n) is 1.27. The van der Waals surface area contributed by atoms with Crippen molar-refractivity contribution in [1.29, 1.82) is 0 Å². The van der Waals surface area contributed by atoms with Gasteiger partial charge in [-0.15, -0.1) is 11.3 Å². The van der Waals surface area contributed by atoms with E-state index in [2.05, 4.69) is 5.32 Å². The zero-order valence-corrected chi connectivity index (χ0v) is 6.79. The van der Waals surface area contributed by atoms with Crippen LogP contribution in [-0.2, 0) is 0 Å². The van der Waals surface area contributed by atoms with Crippen LogP contribution in [0.15, 0.2) is 11.4 Å². The van der Waals surface area contributed by atoms with Crippen molar-refractivity contribution in [2.45, 2.75) is 6.92 Å². The highest BCUT2D eigenvalue weighted by atomic mass is 32.1.